The van der Waals surface area contributed by atoms with Crippen molar-refractivity contribution in [3.63, 3.8) is 0 Å². The molecule has 1 aliphatic carbocycles. The number of rotatable bonds is 7. The van der Waals surface area contributed by atoms with Gasteiger partial charge in [-0.1, -0.05) is 6.07 Å². The molecule has 0 radical (unpaired) electrons. The Balaban J connectivity index is 1.38. The minimum atomic E-state index is 0.290. The van der Waals surface area contributed by atoms with E-state index in [0.29, 0.717) is 24.5 Å². The number of amides is 1. The molecule has 128 valence electrons. The third-order valence-corrected chi connectivity index (χ3v) is 5.87. The van der Waals surface area contributed by atoms with Gasteiger partial charge in [-0.05, 0) is 49.7 Å². The molecule has 2 fully saturated rings. The van der Waals surface area contributed by atoms with Gasteiger partial charge in [-0.25, -0.2) is 0 Å². The summed E-state index contributed by atoms with van der Waals surface area (Å²) in [5.41, 5.74) is 0. The summed E-state index contributed by atoms with van der Waals surface area (Å²) in [6.07, 6.45) is 8.47. The van der Waals surface area contributed by atoms with Crippen LogP contribution in [0.25, 0.3) is 0 Å². The van der Waals surface area contributed by atoms with Crippen molar-refractivity contribution in [3.8, 4) is 0 Å². The van der Waals surface area contributed by atoms with Gasteiger partial charge in [0.05, 0.1) is 19.6 Å². The van der Waals surface area contributed by atoms with Crippen molar-refractivity contribution >= 4 is 17.2 Å². The fourth-order valence-electron chi connectivity index (χ4n) is 3.58. The van der Waals surface area contributed by atoms with E-state index in [4.69, 9.17) is 0 Å². The molecule has 0 aromatic carbocycles. The van der Waals surface area contributed by atoms with Gasteiger partial charge in [0.25, 0.3) is 0 Å². The first-order chi connectivity index (χ1) is 11.8. The van der Waals surface area contributed by atoms with Crippen LogP contribution in [-0.4, -0.2) is 50.7 Å². The molecule has 2 aromatic heterocycles. The summed E-state index contributed by atoms with van der Waals surface area (Å²) in [7, 11) is 0. The van der Waals surface area contributed by atoms with E-state index in [1.165, 1.54) is 11.3 Å². The van der Waals surface area contributed by atoms with Crippen molar-refractivity contribution in [3.05, 3.63) is 40.8 Å². The highest BCUT2D eigenvalue weighted by Gasteiger charge is 2.35. The van der Waals surface area contributed by atoms with E-state index >= 15 is 0 Å². The van der Waals surface area contributed by atoms with Gasteiger partial charge in [0.2, 0.25) is 5.91 Å². The second kappa shape index (κ2) is 7.07. The highest BCUT2D eigenvalue weighted by molar-refractivity contribution is 7.09. The molecule has 1 unspecified atom stereocenters. The van der Waals surface area contributed by atoms with Gasteiger partial charge >= 0.3 is 0 Å². The monoisotopic (exact) mass is 344 g/mol. The Morgan fingerprint density at radius 2 is 2.25 bits per heavy atom. The molecule has 0 spiro atoms. The van der Waals surface area contributed by atoms with E-state index in [1.54, 1.807) is 11.3 Å². The number of carbonyl (C=O) groups is 1. The molecule has 2 aromatic rings. The number of hydrogen-bond donors (Lipinski definition) is 0. The maximum atomic E-state index is 12.9. The van der Waals surface area contributed by atoms with Gasteiger partial charge in [0.15, 0.2) is 0 Å². The van der Waals surface area contributed by atoms with Crippen LogP contribution < -0.4 is 0 Å². The number of hydrogen-bond acceptors (Lipinski definition) is 4. The quantitative estimate of drug-likeness (QED) is 0.775. The molecular formula is C18H24N4OS. The molecule has 1 amide bonds. The fraction of sp³-hybridized carbons (Fsp3) is 0.556. The van der Waals surface area contributed by atoms with Crippen LogP contribution in [0.2, 0.25) is 0 Å². The highest BCUT2D eigenvalue weighted by Crippen LogP contribution is 2.30. The Kier molecular flexibility index (Phi) is 4.67. The first-order valence-corrected chi connectivity index (χ1v) is 9.71. The molecule has 1 saturated carbocycles. The lowest BCUT2D eigenvalue weighted by molar-refractivity contribution is -0.133. The Bertz CT molecular complexity index is 651. The summed E-state index contributed by atoms with van der Waals surface area (Å²) in [5.74, 6) is 0.290. The van der Waals surface area contributed by atoms with Gasteiger partial charge in [-0.3, -0.25) is 14.4 Å². The summed E-state index contributed by atoms with van der Waals surface area (Å²) in [4.78, 5) is 18.7. The van der Waals surface area contributed by atoms with Crippen LogP contribution in [0.5, 0.6) is 0 Å². The molecule has 1 aliphatic heterocycles. The van der Waals surface area contributed by atoms with Crippen molar-refractivity contribution in [1.82, 2.24) is 19.6 Å². The average molecular weight is 344 g/mol. The zero-order valence-corrected chi connectivity index (χ0v) is 14.7. The Hall–Kier alpha value is -1.66. The molecule has 6 heteroatoms. The average Bonchev–Trinajstić information content (AvgIpc) is 2.99. The summed E-state index contributed by atoms with van der Waals surface area (Å²) >= 11 is 1.74. The number of likely N-dealkylation sites (tertiary alicyclic amines) is 1. The van der Waals surface area contributed by atoms with Crippen LogP contribution in [0.3, 0.4) is 0 Å². The van der Waals surface area contributed by atoms with Crippen molar-refractivity contribution in [2.24, 2.45) is 0 Å². The van der Waals surface area contributed by atoms with E-state index in [9.17, 15) is 4.79 Å². The Morgan fingerprint density at radius 1 is 1.33 bits per heavy atom. The molecule has 5 nitrogen and oxygen atoms in total. The SMILES string of the molecule is O=C(CN1CCCC1Cn1cccn1)N(Cc1cccs1)C1CC1. The van der Waals surface area contributed by atoms with Crippen molar-refractivity contribution < 1.29 is 4.79 Å². The second-order valence-corrected chi connectivity index (χ2v) is 7.86. The first kappa shape index (κ1) is 15.8. The normalized spacial score (nSPS) is 21.2. The van der Waals surface area contributed by atoms with E-state index in [2.05, 4.69) is 32.4 Å². The lowest BCUT2D eigenvalue weighted by atomic mass is 10.2. The Labute approximate surface area is 146 Å². The molecule has 3 heterocycles. The second-order valence-electron chi connectivity index (χ2n) is 6.83. The highest BCUT2D eigenvalue weighted by atomic mass is 32.1. The van der Waals surface area contributed by atoms with Gasteiger partial charge in [0, 0.05) is 29.4 Å². The summed E-state index contributed by atoms with van der Waals surface area (Å²) in [6, 6.07) is 7.04. The lowest BCUT2D eigenvalue weighted by Crippen LogP contribution is -2.43. The zero-order valence-electron chi connectivity index (χ0n) is 13.9. The maximum Gasteiger partial charge on any atom is 0.237 e. The molecule has 2 aliphatic rings. The van der Waals surface area contributed by atoms with Crippen molar-refractivity contribution in [1.29, 1.82) is 0 Å². The van der Waals surface area contributed by atoms with Gasteiger partial charge in [0.1, 0.15) is 0 Å². The molecule has 1 atom stereocenters. The number of thiophene rings is 1. The summed E-state index contributed by atoms with van der Waals surface area (Å²) in [6.45, 7) is 3.23. The first-order valence-electron chi connectivity index (χ1n) is 8.83. The number of aromatic nitrogens is 2. The van der Waals surface area contributed by atoms with Gasteiger partial charge < -0.3 is 4.90 Å². The standard InChI is InChI=1S/C18H24N4OS/c23-18(22(15-6-7-15)13-17-5-2-11-24-17)14-20-9-1-4-16(20)12-21-10-3-8-19-21/h2-3,5,8,10-11,15-16H,1,4,6-7,9,12-14H2. The van der Waals surface area contributed by atoms with E-state index in [0.717, 1.165) is 38.9 Å². The third-order valence-electron chi connectivity index (χ3n) is 5.01. The predicted molar refractivity (Wildman–Crippen MR) is 94.7 cm³/mol. The molecule has 4 rings (SSSR count). The molecule has 0 bridgehead atoms. The van der Waals surface area contributed by atoms with Crippen LogP contribution in [0.1, 0.15) is 30.6 Å². The van der Waals surface area contributed by atoms with Crippen LogP contribution >= 0.6 is 11.3 Å². The van der Waals surface area contributed by atoms with Gasteiger partial charge in [-0.2, -0.15) is 5.10 Å². The lowest BCUT2D eigenvalue weighted by Gasteiger charge is -2.28. The van der Waals surface area contributed by atoms with Crippen LogP contribution in [-0.2, 0) is 17.9 Å². The fourth-order valence-corrected chi connectivity index (χ4v) is 4.28. The van der Waals surface area contributed by atoms with E-state index in [-0.39, 0.29) is 0 Å². The third kappa shape index (κ3) is 3.70. The van der Waals surface area contributed by atoms with Crippen LogP contribution in [0, 0.1) is 0 Å². The molecule has 1 saturated heterocycles. The zero-order chi connectivity index (χ0) is 16.4. The number of carbonyl (C=O) groups excluding carboxylic acids is 1. The predicted octanol–water partition coefficient (Wildman–Crippen LogP) is 2.60. The summed E-state index contributed by atoms with van der Waals surface area (Å²) in [5, 5.41) is 6.40. The topological polar surface area (TPSA) is 41.4 Å². The number of nitrogens with zero attached hydrogens (tertiary/aromatic N) is 4. The van der Waals surface area contributed by atoms with Crippen molar-refractivity contribution in [2.75, 3.05) is 13.1 Å². The van der Waals surface area contributed by atoms with E-state index < -0.39 is 0 Å². The summed E-state index contributed by atoms with van der Waals surface area (Å²) < 4.78 is 1.98. The van der Waals surface area contributed by atoms with Crippen molar-refractivity contribution in [2.45, 2.75) is 50.9 Å². The maximum absolute atomic E-state index is 12.9. The van der Waals surface area contributed by atoms with Crippen LogP contribution in [0.15, 0.2) is 36.0 Å². The van der Waals surface area contributed by atoms with Gasteiger partial charge in [-0.15, -0.1) is 11.3 Å². The molecular weight excluding hydrogens is 320 g/mol. The smallest absolute Gasteiger partial charge is 0.237 e. The minimum absolute atomic E-state index is 0.290. The van der Waals surface area contributed by atoms with Crippen LogP contribution in [0.4, 0.5) is 0 Å². The Morgan fingerprint density at radius 3 is 2.96 bits per heavy atom. The minimum Gasteiger partial charge on any atom is -0.333 e. The van der Waals surface area contributed by atoms with E-state index in [1.807, 2.05) is 23.1 Å². The molecule has 0 N–H and O–H groups in total. The molecule has 24 heavy (non-hydrogen) atoms. The largest absolute Gasteiger partial charge is 0.333 e.